The van der Waals surface area contributed by atoms with Gasteiger partial charge in [-0.25, -0.2) is 0 Å². The summed E-state index contributed by atoms with van der Waals surface area (Å²) < 4.78 is 5.31. The second kappa shape index (κ2) is 8.82. The van der Waals surface area contributed by atoms with Gasteiger partial charge in [0.2, 0.25) is 5.91 Å². The fraction of sp³-hybridized carbons (Fsp3) is 0.200. The molecule has 2 aromatic carbocycles. The third-order valence-corrected chi connectivity index (χ3v) is 5.19. The molecule has 2 N–H and O–H groups in total. The Kier molecular flexibility index (Phi) is 5.80. The van der Waals surface area contributed by atoms with Gasteiger partial charge in [-0.05, 0) is 61.7 Å². The van der Waals surface area contributed by atoms with E-state index >= 15 is 0 Å². The van der Waals surface area contributed by atoms with Crippen LogP contribution in [0.3, 0.4) is 0 Å². The highest BCUT2D eigenvalue weighted by molar-refractivity contribution is 5.93. The number of fused-ring (bicyclic) bond motifs is 1. The van der Waals surface area contributed by atoms with Gasteiger partial charge in [0, 0.05) is 23.5 Å². The lowest BCUT2D eigenvalue weighted by Crippen LogP contribution is -2.12. The molecule has 0 saturated heterocycles. The van der Waals surface area contributed by atoms with Gasteiger partial charge in [0.1, 0.15) is 5.75 Å². The van der Waals surface area contributed by atoms with Gasteiger partial charge in [-0.15, -0.1) is 0 Å². The van der Waals surface area contributed by atoms with Crippen LogP contribution in [0.2, 0.25) is 0 Å². The molecule has 5 heteroatoms. The van der Waals surface area contributed by atoms with E-state index in [1.54, 1.807) is 13.3 Å². The number of rotatable bonds is 7. The number of aromatic nitrogens is 2. The Morgan fingerprint density at radius 2 is 1.93 bits per heavy atom. The number of carbonyl (C=O) groups is 1. The summed E-state index contributed by atoms with van der Waals surface area (Å²) in [6, 6.07) is 19.8. The average Bonchev–Trinajstić information content (AvgIpc) is 3.12. The highest BCUT2D eigenvalue weighted by Crippen LogP contribution is 2.31. The third kappa shape index (κ3) is 4.20. The maximum absolute atomic E-state index is 12.5. The first-order valence-electron chi connectivity index (χ1n) is 10.1. The van der Waals surface area contributed by atoms with Crippen LogP contribution in [0, 0.1) is 6.92 Å². The maximum atomic E-state index is 12.5. The number of H-pyrrole nitrogens is 1. The normalized spacial score (nSPS) is 10.9. The average molecular weight is 399 g/mol. The van der Waals surface area contributed by atoms with Gasteiger partial charge < -0.3 is 15.0 Å². The van der Waals surface area contributed by atoms with Crippen LogP contribution >= 0.6 is 0 Å². The molecule has 4 rings (SSSR count). The smallest absolute Gasteiger partial charge is 0.224 e. The van der Waals surface area contributed by atoms with Crippen LogP contribution in [0.5, 0.6) is 5.75 Å². The highest BCUT2D eigenvalue weighted by atomic mass is 16.5. The van der Waals surface area contributed by atoms with E-state index in [9.17, 15) is 4.79 Å². The van der Waals surface area contributed by atoms with E-state index in [2.05, 4.69) is 40.4 Å². The number of hydrogen-bond acceptors (Lipinski definition) is 3. The SMILES string of the molecule is COc1ccccc1NC(=O)CCCc1c(-c2ccccn2)[nH]c2ccc(C)cc12. The Morgan fingerprint density at radius 1 is 1.10 bits per heavy atom. The van der Waals surface area contributed by atoms with E-state index in [0.717, 1.165) is 29.7 Å². The minimum absolute atomic E-state index is 0.0186. The molecule has 0 aliphatic heterocycles. The third-order valence-electron chi connectivity index (χ3n) is 5.19. The van der Waals surface area contributed by atoms with Crippen LogP contribution in [-0.4, -0.2) is 23.0 Å². The van der Waals surface area contributed by atoms with E-state index in [-0.39, 0.29) is 5.91 Å². The zero-order valence-corrected chi connectivity index (χ0v) is 17.2. The maximum Gasteiger partial charge on any atom is 0.224 e. The molecule has 0 fully saturated rings. The van der Waals surface area contributed by atoms with E-state index in [1.165, 1.54) is 16.5 Å². The number of aromatic amines is 1. The monoisotopic (exact) mass is 399 g/mol. The molecule has 0 atom stereocenters. The number of aryl methyl sites for hydroxylation is 2. The summed E-state index contributed by atoms with van der Waals surface area (Å²) in [5, 5.41) is 4.15. The van der Waals surface area contributed by atoms with Gasteiger partial charge in [0.25, 0.3) is 0 Å². The predicted molar refractivity (Wildman–Crippen MR) is 121 cm³/mol. The number of para-hydroxylation sites is 2. The van der Waals surface area contributed by atoms with Crippen molar-refractivity contribution in [2.24, 2.45) is 0 Å². The highest BCUT2D eigenvalue weighted by Gasteiger charge is 2.15. The number of anilines is 1. The minimum atomic E-state index is -0.0186. The standard InChI is InChI=1S/C25H25N3O2/c1-17-13-14-20-19(16-17)18(25(28-20)22-10-5-6-15-26-22)8-7-12-24(29)27-21-9-3-4-11-23(21)30-2/h3-6,9-11,13-16,28H,7-8,12H2,1-2H3,(H,27,29). The molecule has 0 aliphatic rings. The van der Waals surface area contributed by atoms with Gasteiger partial charge >= 0.3 is 0 Å². The number of nitrogens with zero attached hydrogens (tertiary/aromatic N) is 1. The second-order valence-electron chi connectivity index (χ2n) is 7.34. The zero-order chi connectivity index (χ0) is 20.9. The van der Waals surface area contributed by atoms with Crippen molar-refractivity contribution in [2.75, 3.05) is 12.4 Å². The van der Waals surface area contributed by atoms with Crippen LogP contribution in [0.4, 0.5) is 5.69 Å². The molecule has 0 aliphatic carbocycles. The summed E-state index contributed by atoms with van der Waals surface area (Å²) in [6.45, 7) is 2.09. The molecule has 0 spiro atoms. The van der Waals surface area contributed by atoms with Crippen molar-refractivity contribution in [3.8, 4) is 17.1 Å². The lowest BCUT2D eigenvalue weighted by atomic mass is 10.0. The molecule has 0 bridgehead atoms. The summed E-state index contributed by atoms with van der Waals surface area (Å²) in [6.07, 6.45) is 3.76. The van der Waals surface area contributed by atoms with E-state index < -0.39 is 0 Å². The molecule has 30 heavy (non-hydrogen) atoms. The van der Waals surface area contributed by atoms with E-state index in [4.69, 9.17) is 4.74 Å². The van der Waals surface area contributed by atoms with Gasteiger partial charge in [-0.2, -0.15) is 0 Å². The number of nitrogens with one attached hydrogen (secondary N) is 2. The Hall–Kier alpha value is -3.60. The predicted octanol–water partition coefficient (Wildman–Crippen LogP) is 5.51. The second-order valence-corrected chi connectivity index (χ2v) is 7.34. The van der Waals surface area contributed by atoms with Crippen molar-refractivity contribution in [3.05, 3.63) is 78.0 Å². The van der Waals surface area contributed by atoms with Gasteiger partial charge in [0.05, 0.1) is 24.2 Å². The van der Waals surface area contributed by atoms with Gasteiger partial charge in [-0.3, -0.25) is 9.78 Å². The fourth-order valence-corrected chi connectivity index (χ4v) is 3.74. The van der Waals surface area contributed by atoms with E-state index in [0.29, 0.717) is 17.9 Å². The number of hydrogen-bond donors (Lipinski definition) is 2. The molecule has 2 heterocycles. The van der Waals surface area contributed by atoms with E-state index in [1.807, 2.05) is 42.5 Å². The first-order chi connectivity index (χ1) is 14.7. The lowest BCUT2D eigenvalue weighted by Gasteiger charge is -2.10. The Bertz CT molecular complexity index is 1170. The quantitative estimate of drug-likeness (QED) is 0.431. The molecule has 5 nitrogen and oxygen atoms in total. The number of ether oxygens (including phenoxy) is 1. The van der Waals surface area contributed by atoms with Crippen molar-refractivity contribution in [2.45, 2.75) is 26.2 Å². The van der Waals surface area contributed by atoms with Crippen molar-refractivity contribution in [3.63, 3.8) is 0 Å². The van der Waals surface area contributed by atoms with Crippen LogP contribution in [0.15, 0.2) is 66.9 Å². The van der Waals surface area contributed by atoms with Crippen LogP contribution in [0.1, 0.15) is 24.0 Å². The molecular weight excluding hydrogens is 374 g/mol. The van der Waals surface area contributed by atoms with Crippen LogP contribution in [0.25, 0.3) is 22.3 Å². The van der Waals surface area contributed by atoms with Gasteiger partial charge in [0.15, 0.2) is 0 Å². The summed E-state index contributed by atoms with van der Waals surface area (Å²) in [4.78, 5) is 20.5. The molecule has 2 aromatic heterocycles. The molecule has 0 saturated carbocycles. The van der Waals surface area contributed by atoms with Crippen molar-refractivity contribution < 1.29 is 9.53 Å². The molecule has 0 unspecified atom stereocenters. The summed E-state index contributed by atoms with van der Waals surface area (Å²) in [5.74, 6) is 0.644. The summed E-state index contributed by atoms with van der Waals surface area (Å²) in [5.41, 5.74) is 6.15. The van der Waals surface area contributed by atoms with Crippen molar-refractivity contribution in [1.29, 1.82) is 0 Å². The van der Waals surface area contributed by atoms with Gasteiger partial charge in [-0.1, -0.05) is 29.8 Å². The number of carbonyl (C=O) groups excluding carboxylic acids is 1. The fourth-order valence-electron chi connectivity index (χ4n) is 3.74. The Morgan fingerprint density at radius 3 is 2.73 bits per heavy atom. The largest absolute Gasteiger partial charge is 0.495 e. The number of pyridine rings is 1. The van der Waals surface area contributed by atoms with Crippen LogP contribution in [-0.2, 0) is 11.2 Å². The van der Waals surface area contributed by atoms with Crippen LogP contribution < -0.4 is 10.1 Å². The van der Waals surface area contributed by atoms with Crippen molar-refractivity contribution in [1.82, 2.24) is 9.97 Å². The van der Waals surface area contributed by atoms with Crippen molar-refractivity contribution >= 4 is 22.5 Å². The summed E-state index contributed by atoms with van der Waals surface area (Å²) >= 11 is 0. The number of methoxy groups -OCH3 is 1. The lowest BCUT2D eigenvalue weighted by molar-refractivity contribution is -0.116. The number of benzene rings is 2. The minimum Gasteiger partial charge on any atom is -0.495 e. The molecular formula is C25H25N3O2. The first-order valence-corrected chi connectivity index (χ1v) is 10.1. The molecule has 152 valence electrons. The number of amides is 1. The molecule has 0 radical (unpaired) electrons. The summed E-state index contributed by atoms with van der Waals surface area (Å²) in [7, 11) is 1.60. The topological polar surface area (TPSA) is 67.0 Å². The molecule has 1 amide bonds. The molecule has 4 aromatic rings. The zero-order valence-electron chi connectivity index (χ0n) is 17.2. The Labute approximate surface area is 176 Å². The Balaban J connectivity index is 1.52. The first kappa shape index (κ1) is 19.7.